The minimum absolute atomic E-state index is 0.100. The van der Waals surface area contributed by atoms with E-state index in [1.807, 2.05) is 0 Å². The van der Waals surface area contributed by atoms with E-state index in [-0.39, 0.29) is 27.9 Å². The number of sulfone groups is 1. The number of halogens is 1. The van der Waals surface area contributed by atoms with E-state index in [1.54, 1.807) is 0 Å². The molecular formula is C14H10FN5O4S. The number of carbonyl (C=O) groups is 2. The van der Waals surface area contributed by atoms with Gasteiger partial charge in [0, 0.05) is 5.69 Å². The van der Waals surface area contributed by atoms with Crippen molar-refractivity contribution in [3.8, 4) is 0 Å². The third kappa shape index (κ3) is 3.35. The summed E-state index contributed by atoms with van der Waals surface area (Å²) < 4.78 is 37.8. The summed E-state index contributed by atoms with van der Waals surface area (Å²) in [4.78, 5) is 26.1. The number of ketones is 2. The summed E-state index contributed by atoms with van der Waals surface area (Å²) in [5, 5.41) is 11.9. The summed E-state index contributed by atoms with van der Waals surface area (Å²) in [5.41, 5.74) is 0.225. The van der Waals surface area contributed by atoms with Gasteiger partial charge in [-0.05, 0) is 41.6 Å². The van der Waals surface area contributed by atoms with Crippen molar-refractivity contribution in [2.75, 3.05) is 0 Å². The van der Waals surface area contributed by atoms with Crippen molar-refractivity contribution in [2.24, 2.45) is 0 Å². The van der Waals surface area contributed by atoms with Crippen molar-refractivity contribution < 1.29 is 22.4 Å². The number of carbonyl (C=O) groups excluding carboxylic acids is 2. The van der Waals surface area contributed by atoms with Crippen molar-refractivity contribution in [3.63, 3.8) is 0 Å². The SMILES string of the molecule is O=C(Cc1ccc(S(=O)(=O)c2ccc(F)cc2)[nH]1)C(=O)c1nn[nH]n1. The number of benzene rings is 1. The van der Waals surface area contributed by atoms with E-state index in [1.165, 1.54) is 12.1 Å². The van der Waals surface area contributed by atoms with Crippen LogP contribution >= 0.6 is 0 Å². The Labute approximate surface area is 140 Å². The molecule has 3 aromatic rings. The van der Waals surface area contributed by atoms with E-state index in [2.05, 4.69) is 25.6 Å². The molecule has 0 spiro atoms. The van der Waals surface area contributed by atoms with Crippen LogP contribution in [-0.4, -0.2) is 45.6 Å². The molecule has 25 heavy (non-hydrogen) atoms. The number of rotatable bonds is 6. The summed E-state index contributed by atoms with van der Waals surface area (Å²) in [7, 11) is -3.89. The molecule has 128 valence electrons. The Kier molecular flexibility index (Phi) is 4.23. The van der Waals surface area contributed by atoms with E-state index in [0.29, 0.717) is 0 Å². The highest BCUT2D eigenvalue weighted by Gasteiger charge is 2.23. The normalized spacial score (nSPS) is 11.4. The first-order chi connectivity index (χ1) is 11.9. The Hall–Kier alpha value is -3.21. The van der Waals surface area contributed by atoms with Gasteiger partial charge in [0.05, 0.1) is 11.3 Å². The second-order valence-corrected chi connectivity index (χ2v) is 6.89. The number of aromatic nitrogens is 5. The summed E-state index contributed by atoms with van der Waals surface area (Å²) in [6, 6.07) is 6.97. The zero-order valence-corrected chi connectivity index (χ0v) is 13.2. The Balaban J connectivity index is 1.79. The van der Waals surface area contributed by atoms with E-state index < -0.39 is 27.2 Å². The third-order valence-corrected chi connectivity index (χ3v) is 5.00. The topological polar surface area (TPSA) is 139 Å². The summed E-state index contributed by atoms with van der Waals surface area (Å²) >= 11 is 0. The van der Waals surface area contributed by atoms with Gasteiger partial charge in [-0.3, -0.25) is 9.59 Å². The first-order valence-corrected chi connectivity index (χ1v) is 8.36. The highest BCUT2D eigenvalue weighted by Crippen LogP contribution is 2.20. The van der Waals surface area contributed by atoms with Gasteiger partial charge in [0.15, 0.2) is 0 Å². The van der Waals surface area contributed by atoms with Gasteiger partial charge >= 0.3 is 0 Å². The number of nitrogens with zero attached hydrogens (tertiary/aromatic N) is 3. The minimum atomic E-state index is -3.89. The fourth-order valence-corrected chi connectivity index (χ4v) is 3.32. The molecule has 2 heterocycles. The third-order valence-electron chi connectivity index (χ3n) is 3.29. The molecule has 0 amide bonds. The lowest BCUT2D eigenvalue weighted by Crippen LogP contribution is -2.18. The second kappa shape index (κ2) is 6.36. The molecule has 0 saturated carbocycles. The van der Waals surface area contributed by atoms with Gasteiger partial charge in [-0.15, -0.1) is 10.2 Å². The maximum atomic E-state index is 12.9. The maximum Gasteiger partial charge on any atom is 0.269 e. The molecule has 1 aromatic carbocycles. The molecule has 9 nitrogen and oxygen atoms in total. The fourth-order valence-electron chi connectivity index (χ4n) is 2.05. The van der Waals surface area contributed by atoms with Crippen LogP contribution in [0.5, 0.6) is 0 Å². The van der Waals surface area contributed by atoms with Gasteiger partial charge in [-0.25, -0.2) is 12.8 Å². The molecule has 2 N–H and O–H groups in total. The zero-order chi connectivity index (χ0) is 18.0. The smallest absolute Gasteiger partial charge is 0.269 e. The van der Waals surface area contributed by atoms with E-state index >= 15 is 0 Å². The maximum absolute atomic E-state index is 12.9. The van der Waals surface area contributed by atoms with E-state index in [9.17, 15) is 22.4 Å². The molecule has 2 aromatic heterocycles. The first-order valence-electron chi connectivity index (χ1n) is 6.87. The van der Waals surface area contributed by atoms with Crippen molar-refractivity contribution in [1.29, 1.82) is 0 Å². The molecule has 11 heteroatoms. The van der Waals surface area contributed by atoms with Crippen LogP contribution < -0.4 is 0 Å². The largest absolute Gasteiger partial charge is 0.349 e. The van der Waals surface area contributed by atoms with E-state index in [4.69, 9.17) is 0 Å². The molecule has 0 unspecified atom stereocenters. The predicted octanol–water partition coefficient (Wildman–Crippen LogP) is 0.494. The first kappa shape index (κ1) is 16.6. The van der Waals surface area contributed by atoms with Gasteiger partial charge in [0.1, 0.15) is 10.8 Å². The molecule has 0 saturated heterocycles. The van der Waals surface area contributed by atoms with Gasteiger partial charge in [0.25, 0.3) is 5.78 Å². The van der Waals surface area contributed by atoms with Crippen molar-refractivity contribution in [1.82, 2.24) is 25.6 Å². The van der Waals surface area contributed by atoms with Crippen LogP contribution in [0.2, 0.25) is 0 Å². The van der Waals surface area contributed by atoms with Gasteiger partial charge in [-0.2, -0.15) is 5.21 Å². The molecule has 0 aliphatic rings. The predicted molar refractivity (Wildman–Crippen MR) is 79.9 cm³/mol. The molecule has 0 bridgehead atoms. The van der Waals surface area contributed by atoms with Crippen molar-refractivity contribution in [2.45, 2.75) is 16.3 Å². The summed E-state index contributed by atoms with van der Waals surface area (Å²) in [6.45, 7) is 0. The quantitative estimate of drug-likeness (QED) is 0.369. The molecular weight excluding hydrogens is 353 g/mol. The number of tetrazole rings is 1. The Morgan fingerprint density at radius 3 is 2.44 bits per heavy atom. The number of hydrogen-bond donors (Lipinski definition) is 2. The minimum Gasteiger partial charge on any atom is -0.349 e. The fraction of sp³-hybridized carbons (Fsp3) is 0.0714. The number of Topliss-reactive ketones (excluding diaryl/α,β-unsaturated/α-hetero) is 2. The van der Waals surface area contributed by atoms with Crippen LogP contribution in [0.1, 0.15) is 16.3 Å². The lowest BCUT2D eigenvalue weighted by Gasteiger charge is -2.02. The van der Waals surface area contributed by atoms with Crippen LogP contribution in [0.3, 0.4) is 0 Å². The number of hydrogen-bond acceptors (Lipinski definition) is 7. The second-order valence-electron chi connectivity index (χ2n) is 4.97. The van der Waals surface area contributed by atoms with Crippen molar-refractivity contribution in [3.05, 3.63) is 53.7 Å². The van der Waals surface area contributed by atoms with Crippen LogP contribution in [0, 0.1) is 5.82 Å². The average molecular weight is 363 g/mol. The molecule has 0 aliphatic heterocycles. The van der Waals surface area contributed by atoms with Crippen molar-refractivity contribution >= 4 is 21.4 Å². The summed E-state index contributed by atoms with van der Waals surface area (Å²) in [5.74, 6) is -2.69. The molecule has 3 rings (SSSR count). The average Bonchev–Trinajstić information content (AvgIpc) is 3.26. The summed E-state index contributed by atoms with van der Waals surface area (Å²) in [6.07, 6.45) is -0.355. The standard InChI is InChI=1S/C14H10FN5O4S/c15-8-1-4-10(5-2-8)25(23,24)12-6-3-9(16-12)7-11(21)13(22)14-17-19-20-18-14/h1-6,16H,7H2,(H,17,18,19,20). The van der Waals surface area contributed by atoms with Crippen LogP contribution in [0.15, 0.2) is 46.3 Å². The zero-order valence-electron chi connectivity index (χ0n) is 12.4. The monoisotopic (exact) mass is 363 g/mol. The molecule has 0 atom stereocenters. The van der Waals surface area contributed by atoms with Gasteiger partial charge < -0.3 is 4.98 Å². The Bertz CT molecular complexity index is 1030. The molecule has 0 aliphatic carbocycles. The van der Waals surface area contributed by atoms with Crippen LogP contribution in [0.25, 0.3) is 0 Å². The highest BCUT2D eigenvalue weighted by atomic mass is 32.2. The number of aromatic amines is 2. The van der Waals surface area contributed by atoms with Gasteiger partial charge in [-0.1, -0.05) is 0 Å². The number of H-pyrrole nitrogens is 2. The Morgan fingerprint density at radius 2 is 1.80 bits per heavy atom. The molecule has 0 radical (unpaired) electrons. The van der Waals surface area contributed by atoms with Crippen LogP contribution in [0.4, 0.5) is 4.39 Å². The lowest BCUT2D eigenvalue weighted by molar-refractivity contribution is -0.114. The lowest BCUT2D eigenvalue weighted by atomic mass is 10.1. The van der Waals surface area contributed by atoms with Gasteiger partial charge in [0.2, 0.25) is 21.4 Å². The Morgan fingerprint density at radius 1 is 1.08 bits per heavy atom. The van der Waals surface area contributed by atoms with E-state index in [0.717, 1.165) is 24.3 Å². The van der Waals surface area contributed by atoms with Crippen LogP contribution in [-0.2, 0) is 21.1 Å². The highest BCUT2D eigenvalue weighted by molar-refractivity contribution is 7.91. The molecule has 0 fully saturated rings. The number of nitrogens with one attached hydrogen (secondary N) is 2.